The third-order valence-electron chi connectivity index (χ3n) is 2.82. The SMILES string of the molecule is CC(Nc1c(F)cc(Br)cc1F)c1cc(F)ccc1O. The molecule has 2 rings (SSSR count). The molecule has 0 bridgehead atoms. The molecule has 20 heavy (non-hydrogen) atoms. The van der Waals surface area contributed by atoms with Crippen molar-refractivity contribution >= 4 is 21.6 Å². The van der Waals surface area contributed by atoms with Gasteiger partial charge < -0.3 is 10.4 Å². The van der Waals surface area contributed by atoms with Crippen LogP contribution >= 0.6 is 15.9 Å². The van der Waals surface area contributed by atoms with E-state index >= 15 is 0 Å². The second-order valence-corrected chi connectivity index (χ2v) is 5.23. The van der Waals surface area contributed by atoms with Gasteiger partial charge in [-0.2, -0.15) is 0 Å². The van der Waals surface area contributed by atoms with E-state index in [1.807, 2.05) is 0 Å². The van der Waals surface area contributed by atoms with Crippen molar-refractivity contribution in [2.45, 2.75) is 13.0 Å². The fourth-order valence-corrected chi connectivity index (χ4v) is 2.25. The van der Waals surface area contributed by atoms with Crippen molar-refractivity contribution < 1.29 is 18.3 Å². The van der Waals surface area contributed by atoms with Crippen LogP contribution in [0.3, 0.4) is 0 Å². The topological polar surface area (TPSA) is 32.3 Å². The summed E-state index contributed by atoms with van der Waals surface area (Å²) in [5, 5.41) is 12.3. The third kappa shape index (κ3) is 3.07. The van der Waals surface area contributed by atoms with Crippen molar-refractivity contribution in [3.63, 3.8) is 0 Å². The Hall–Kier alpha value is -1.69. The van der Waals surface area contributed by atoms with Gasteiger partial charge in [0.2, 0.25) is 0 Å². The number of benzene rings is 2. The summed E-state index contributed by atoms with van der Waals surface area (Å²) in [7, 11) is 0. The number of rotatable bonds is 3. The maximum Gasteiger partial charge on any atom is 0.150 e. The van der Waals surface area contributed by atoms with E-state index in [2.05, 4.69) is 21.2 Å². The van der Waals surface area contributed by atoms with E-state index < -0.39 is 23.5 Å². The van der Waals surface area contributed by atoms with Gasteiger partial charge in [0, 0.05) is 10.0 Å². The Bertz CT molecular complexity index is 625. The Morgan fingerprint density at radius 1 is 1.10 bits per heavy atom. The molecular formula is C14H11BrF3NO. The Balaban J connectivity index is 2.32. The average molecular weight is 346 g/mol. The van der Waals surface area contributed by atoms with E-state index in [1.165, 1.54) is 6.07 Å². The Kier molecular flexibility index (Phi) is 4.23. The second-order valence-electron chi connectivity index (χ2n) is 4.31. The van der Waals surface area contributed by atoms with Crippen LogP contribution < -0.4 is 5.32 Å². The highest BCUT2D eigenvalue weighted by Crippen LogP contribution is 2.31. The maximum atomic E-state index is 13.7. The summed E-state index contributed by atoms with van der Waals surface area (Å²) in [5.41, 5.74) is -0.115. The second kappa shape index (κ2) is 5.75. The van der Waals surface area contributed by atoms with Gasteiger partial charge in [-0.1, -0.05) is 15.9 Å². The average Bonchev–Trinajstić information content (AvgIpc) is 2.36. The predicted molar refractivity (Wildman–Crippen MR) is 74.2 cm³/mol. The highest BCUT2D eigenvalue weighted by molar-refractivity contribution is 9.10. The minimum Gasteiger partial charge on any atom is -0.508 e. The molecule has 0 fully saturated rings. The minimum atomic E-state index is -0.778. The molecule has 0 aliphatic rings. The standard InChI is InChI=1S/C14H11BrF3NO/c1-7(10-6-9(16)2-3-13(10)20)19-14-11(17)4-8(15)5-12(14)18/h2-7,19-20H,1H3. The van der Waals surface area contributed by atoms with Gasteiger partial charge in [-0.05, 0) is 37.3 Å². The van der Waals surface area contributed by atoms with Gasteiger partial charge in [0.05, 0.1) is 6.04 Å². The van der Waals surface area contributed by atoms with Crippen molar-refractivity contribution in [2.75, 3.05) is 5.32 Å². The lowest BCUT2D eigenvalue weighted by Crippen LogP contribution is -2.10. The molecule has 0 heterocycles. The number of halogens is 4. The van der Waals surface area contributed by atoms with Crippen LogP contribution in [-0.2, 0) is 0 Å². The number of phenols is 1. The molecule has 0 radical (unpaired) electrons. The van der Waals surface area contributed by atoms with Crippen molar-refractivity contribution in [3.05, 3.63) is 57.8 Å². The molecular weight excluding hydrogens is 335 g/mol. The molecule has 0 amide bonds. The highest BCUT2D eigenvalue weighted by atomic mass is 79.9. The van der Waals surface area contributed by atoms with Gasteiger partial charge in [-0.3, -0.25) is 0 Å². The number of hydrogen-bond acceptors (Lipinski definition) is 2. The zero-order chi connectivity index (χ0) is 14.9. The lowest BCUT2D eigenvalue weighted by Gasteiger charge is -2.18. The van der Waals surface area contributed by atoms with Crippen LogP contribution in [-0.4, -0.2) is 5.11 Å². The molecule has 6 heteroatoms. The van der Waals surface area contributed by atoms with Gasteiger partial charge in [0.15, 0.2) is 0 Å². The highest BCUT2D eigenvalue weighted by Gasteiger charge is 2.16. The van der Waals surface area contributed by atoms with E-state index in [9.17, 15) is 18.3 Å². The first kappa shape index (κ1) is 14.7. The van der Waals surface area contributed by atoms with Crippen LogP contribution in [0.5, 0.6) is 5.75 Å². The van der Waals surface area contributed by atoms with Crippen molar-refractivity contribution in [2.24, 2.45) is 0 Å². The molecule has 2 nitrogen and oxygen atoms in total. The summed E-state index contributed by atoms with van der Waals surface area (Å²) < 4.78 is 40.8. The minimum absolute atomic E-state index is 0.149. The van der Waals surface area contributed by atoms with Crippen molar-refractivity contribution in [1.29, 1.82) is 0 Å². The van der Waals surface area contributed by atoms with Crippen LogP contribution in [0.2, 0.25) is 0 Å². The molecule has 106 valence electrons. The zero-order valence-electron chi connectivity index (χ0n) is 10.4. The molecule has 2 N–H and O–H groups in total. The third-order valence-corrected chi connectivity index (χ3v) is 3.28. The van der Waals surface area contributed by atoms with E-state index in [0.29, 0.717) is 0 Å². The zero-order valence-corrected chi connectivity index (χ0v) is 12.0. The van der Waals surface area contributed by atoms with Gasteiger partial charge in [-0.15, -0.1) is 0 Å². The summed E-state index contributed by atoms with van der Waals surface area (Å²) in [4.78, 5) is 0. The Labute approximate surface area is 122 Å². The lowest BCUT2D eigenvalue weighted by molar-refractivity contribution is 0.462. The smallest absolute Gasteiger partial charge is 0.150 e. The lowest BCUT2D eigenvalue weighted by atomic mass is 10.1. The van der Waals surface area contributed by atoms with Crippen LogP contribution in [0.1, 0.15) is 18.5 Å². The Morgan fingerprint density at radius 2 is 1.70 bits per heavy atom. The van der Waals surface area contributed by atoms with Gasteiger partial charge in [0.1, 0.15) is 28.9 Å². The Morgan fingerprint density at radius 3 is 2.30 bits per heavy atom. The first-order valence-corrected chi connectivity index (χ1v) is 6.57. The van der Waals surface area contributed by atoms with Crippen LogP contribution in [0, 0.1) is 17.5 Å². The summed E-state index contributed by atoms with van der Waals surface area (Å²) >= 11 is 2.98. The largest absolute Gasteiger partial charge is 0.508 e. The summed E-state index contributed by atoms with van der Waals surface area (Å²) in [5.74, 6) is -2.24. The predicted octanol–water partition coefficient (Wildman–Crippen LogP) is 4.75. The van der Waals surface area contributed by atoms with E-state index in [1.54, 1.807) is 6.92 Å². The van der Waals surface area contributed by atoms with Gasteiger partial charge >= 0.3 is 0 Å². The molecule has 2 aromatic carbocycles. The molecule has 0 aliphatic carbocycles. The summed E-state index contributed by atoms with van der Waals surface area (Å²) in [6, 6.07) is 4.97. The monoisotopic (exact) mass is 345 g/mol. The van der Waals surface area contributed by atoms with Crippen LogP contribution in [0.25, 0.3) is 0 Å². The van der Waals surface area contributed by atoms with E-state index in [0.717, 1.165) is 24.3 Å². The number of nitrogens with one attached hydrogen (secondary N) is 1. The number of phenolic OH excluding ortho intramolecular Hbond substituents is 1. The fraction of sp³-hybridized carbons (Fsp3) is 0.143. The normalized spacial score (nSPS) is 12.2. The number of aromatic hydroxyl groups is 1. The van der Waals surface area contributed by atoms with Crippen LogP contribution in [0.15, 0.2) is 34.8 Å². The molecule has 2 aromatic rings. The van der Waals surface area contributed by atoms with Gasteiger partial charge in [0.25, 0.3) is 0 Å². The molecule has 0 saturated heterocycles. The molecule has 0 saturated carbocycles. The number of anilines is 1. The molecule has 0 aromatic heterocycles. The molecule has 0 spiro atoms. The van der Waals surface area contributed by atoms with Crippen molar-refractivity contribution in [3.8, 4) is 5.75 Å². The first-order chi connectivity index (χ1) is 9.38. The van der Waals surface area contributed by atoms with Crippen molar-refractivity contribution in [1.82, 2.24) is 0 Å². The first-order valence-electron chi connectivity index (χ1n) is 5.78. The van der Waals surface area contributed by atoms with Gasteiger partial charge in [-0.25, -0.2) is 13.2 Å². The fourth-order valence-electron chi connectivity index (χ4n) is 1.85. The quantitative estimate of drug-likeness (QED) is 0.841. The maximum absolute atomic E-state index is 13.7. The molecule has 0 aliphatic heterocycles. The number of hydrogen-bond donors (Lipinski definition) is 2. The molecule has 1 unspecified atom stereocenters. The van der Waals surface area contributed by atoms with Crippen LogP contribution in [0.4, 0.5) is 18.9 Å². The summed E-state index contributed by atoms with van der Waals surface area (Å²) in [6.45, 7) is 1.56. The molecule has 1 atom stereocenters. The van der Waals surface area contributed by atoms with E-state index in [4.69, 9.17) is 0 Å². The summed E-state index contributed by atoms with van der Waals surface area (Å²) in [6.07, 6.45) is 0. The van der Waals surface area contributed by atoms with E-state index in [-0.39, 0.29) is 21.5 Å².